The Kier molecular flexibility index (Phi) is 3.92. The molecule has 1 aliphatic heterocycles. The highest BCUT2D eigenvalue weighted by atomic mass is 35.5. The van der Waals surface area contributed by atoms with Crippen molar-refractivity contribution in [3.63, 3.8) is 0 Å². The lowest BCUT2D eigenvalue weighted by molar-refractivity contribution is 0.185. The van der Waals surface area contributed by atoms with Gasteiger partial charge in [-0.15, -0.1) is 0 Å². The van der Waals surface area contributed by atoms with Crippen molar-refractivity contribution < 1.29 is 4.74 Å². The van der Waals surface area contributed by atoms with Gasteiger partial charge in [-0.25, -0.2) is 0 Å². The van der Waals surface area contributed by atoms with Gasteiger partial charge in [0.05, 0.1) is 12.6 Å². The Balaban J connectivity index is 1.83. The van der Waals surface area contributed by atoms with E-state index in [9.17, 15) is 0 Å². The van der Waals surface area contributed by atoms with Gasteiger partial charge in [-0.1, -0.05) is 41.9 Å². The third-order valence-corrected chi connectivity index (χ3v) is 4.04. The van der Waals surface area contributed by atoms with E-state index in [2.05, 4.69) is 11.5 Å². The predicted octanol–water partition coefficient (Wildman–Crippen LogP) is 3.10. The zero-order valence-corrected chi connectivity index (χ0v) is 11.8. The van der Waals surface area contributed by atoms with Crippen LogP contribution in [0.3, 0.4) is 0 Å². The first-order chi connectivity index (χ1) is 9.78. The Bertz CT molecular complexity index is 585. The van der Waals surface area contributed by atoms with Gasteiger partial charge in [0.1, 0.15) is 5.75 Å². The van der Waals surface area contributed by atoms with Crippen molar-refractivity contribution in [3.8, 4) is 5.75 Å². The summed E-state index contributed by atoms with van der Waals surface area (Å²) in [5.74, 6) is 7.04. The van der Waals surface area contributed by atoms with Crippen LogP contribution in [0.1, 0.15) is 17.2 Å². The molecule has 2 atom stereocenters. The van der Waals surface area contributed by atoms with E-state index in [1.165, 1.54) is 5.56 Å². The number of hydrogen-bond donors (Lipinski definition) is 2. The maximum Gasteiger partial charge on any atom is 0.122 e. The van der Waals surface area contributed by atoms with Gasteiger partial charge < -0.3 is 4.74 Å². The number of nitrogens with two attached hydrogens (primary N) is 1. The summed E-state index contributed by atoms with van der Waals surface area (Å²) in [7, 11) is 0. The van der Waals surface area contributed by atoms with Crippen molar-refractivity contribution in [3.05, 3.63) is 64.7 Å². The first-order valence-electron chi connectivity index (χ1n) is 6.70. The molecule has 0 radical (unpaired) electrons. The number of benzene rings is 2. The first kappa shape index (κ1) is 13.4. The molecular formula is C16H17ClN2O. The van der Waals surface area contributed by atoms with E-state index >= 15 is 0 Å². The Morgan fingerprint density at radius 1 is 1.15 bits per heavy atom. The Morgan fingerprint density at radius 2 is 1.90 bits per heavy atom. The smallest absolute Gasteiger partial charge is 0.122 e. The van der Waals surface area contributed by atoms with Crippen LogP contribution < -0.4 is 16.0 Å². The highest BCUT2D eigenvalue weighted by Crippen LogP contribution is 2.33. The molecule has 0 saturated heterocycles. The summed E-state index contributed by atoms with van der Waals surface area (Å²) in [6, 6.07) is 16.0. The number of para-hydroxylation sites is 1. The molecule has 0 bridgehead atoms. The molecule has 0 spiro atoms. The normalized spacial score (nSPS) is 19.0. The van der Waals surface area contributed by atoms with Crippen molar-refractivity contribution in [1.29, 1.82) is 0 Å². The van der Waals surface area contributed by atoms with Gasteiger partial charge in [-0.2, -0.15) is 0 Å². The monoisotopic (exact) mass is 288 g/mol. The minimum atomic E-state index is 0.0561. The molecule has 0 fully saturated rings. The molecule has 3 nitrogen and oxygen atoms in total. The summed E-state index contributed by atoms with van der Waals surface area (Å²) >= 11 is 5.94. The largest absolute Gasteiger partial charge is 0.493 e. The molecule has 2 unspecified atom stereocenters. The van der Waals surface area contributed by atoms with Crippen LogP contribution in [0, 0.1) is 5.92 Å². The predicted molar refractivity (Wildman–Crippen MR) is 80.6 cm³/mol. The maximum atomic E-state index is 5.94. The van der Waals surface area contributed by atoms with Crippen molar-refractivity contribution >= 4 is 11.6 Å². The van der Waals surface area contributed by atoms with Gasteiger partial charge in [0.25, 0.3) is 0 Å². The van der Waals surface area contributed by atoms with E-state index in [1.807, 2.05) is 42.5 Å². The molecule has 2 aromatic rings. The molecule has 2 aromatic carbocycles. The van der Waals surface area contributed by atoms with Crippen molar-refractivity contribution in [2.75, 3.05) is 6.61 Å². The van der Waals surface area contributed by atoms with Crippen LogP contribution in [-0.2, 0) is 6.42 Å². The summed E-state index contributed by atoms with van der Waals surface area (Å²) in [4.78, 5) is 0. The molecular weight excluding hydrogens is 272 g/mol. The average Bonchev–Trinajstić information content (AvgIpc) is 2.50. The summed E-state index contributed by atoms with van der Waals surface area (Å²) in [5.41, 5.74) is 5.28. The number of hydrogen-bond acceptors (Lipinski definition) is 3. The average molecular weight is 289 g/mol. The molecule has 0 amide bonds. The lowest BCUT2D eigenvalue weighted by Crippen LogP contribution is -2.38. The van der Waals surface area contributed by atoms with Gasteiger partial charge in [0.15, 0.2) is 0 Å². The zero-order chi connectivity index (χ0) is 13.9. The summed E-state index contributed by atoms with van der Waals surface area (Å²) in [6.07, 6.45) is 0.952. The van der Waals surface area contributed by atoms with E-state index in [0.29, 0.717) is 12.5 Å². The lowest BCUT2D eigenvalue weighted by atomic mass is 9.87. The molecule has 104 valence electrons. The van der Waals surface area contributed by atoms with Crippen LogP contribution in [0.25, 0.3) is 0 Å². The molecule has 1 heterocycles. The van der Waals surface area contributed by atoms with Gasteiger partial charge >= 0.3 is 0 Å². The van der Waals surface area contributed by atoms with E-state index < -0.39 is 0 Å². The third kappa shape index (κ3) is 2.66. The van der Waals surface area contributed by atoms with Crippen LogP contribution in [-0.4, -0.2) is 6.61 Å². The minimum Gasteiger partial charge on any atom is -0.493 e. The lowest BCUT2D eigenvalue weighted by Gasteiger charge is -2.31. The maximum absolute atomic E-state index is 5.94. The quantitative estimate of drug-likeness (QED) is 0.674. The Labute approximate surface area is 123 Å². The molecule has 0 aromatic heterocycles. The molecule has 3 rings (SSSR count). The Morgan fingerprint density at radius 3 is 2.65 bits per heavy atom. The SMILES string of the molecule is NNC(c1ccc(Cl)cc1)C1COc2ccccc2C1. The number of halogens is 1. The van der Waals surface area contributed by atoms with Crippen molar-refractivity contribution in [1.82, 2.24) is 5.43 Å². The molecule has 0 aliphatic carbocycles. The van der Waals surface area contributed by atoms with Gasteiger partial charge in [-0.05, 0) is 35.7 Å². The van der Waals surface area contributed by atoms with Gasteiger partial charge in [0, 0.05) is 10.9 Å². The second kappa shape index (κ2) is 5.83. The van der Waals surface area contributed by atoms with Gasteiger partial charge in [-0.3, -0.25) is 11.3 Å². The van der Waals surface area contributed by atoms with E-state index in [4.69, 9.17) is 22.2 Å². The number of ether oxygens (including phenoxy) is 1. The standard InChI is InChI=1S/C16H17ClN2O/c17-14-7-5-11(6-8-14)16(19-18)13-9-12-3-1-2-4-15(12)20-10-13/h1-8,13,16,19H,9-10,18H2. The Hall–Kier alpha value is -1.55. The van der Waals surface area contributed by atoms with Crippen LogP contribution in [0.4, 0.5) is 0 Å². The highest BCUT2D eigenvalue weighted by Gasteiger charge is 2.27. The molecule has 3 N–H and O–H groups in total. The summed E-state index contributed by atoms with van der Waals surface area (Å²) < 4.78 is 5.84. The van der Waals surface area contributed by atoms with E-state index in [0.717, 1.165) is 22.8 Å². The molecule has 4 heteroatoms. The fourth-order valence-corrected chi connectivity index (χ4v) is 2.87. The molecule has 20 heavy (non-hydrogen) atoms. The number of rotatable bonds is 3. The molecule has 1 aliphatic rings. The van der Waals surface area contributed by atoms with Crippen molar-refractivity contribution in [2.45, 2.75) is 12.5 Å². The van der Waals surface area contributed by atoms with Crippen LogP contribution in [0.15, 0.2) is 48.5 Å². The first-order valence-corrected chi connectivity index (χ1v) is 7.08. The second-order valence-electron chi connectivity index (χ2n) is 5.08. The zero-order valence-electron chi connectivity index (χ0n) is 11.1. The van der Waals surface area contributed by atoms with Crippen molar-refractivity contribution in [2.24, 2.45) is 11.8 Å². The van der Waals surface area contributed by atoms with Crippen LogP contribution >= 0.6 is 11.6 Å². The summed E-state index contributed by atoms with van der Waals surface area (Å²) in [5, 5.41) is 0.731. The fourth-order valence-electron chi connectivity index (χ4n) is 2.74. The highest BCUT2D eigenvalue weighted by molar-refractivity contribution is 6.30. The topological polar surface area (TPSA) is 47.3 Å². The second-order valence-corrected chi connectivity index (χ2v) is 5.52. The molecule has 0 saturated carbocycles. The number of fused-ring (bicyclic) bond motifs is 1. The minimum absolute atomic E-state index is 0.0561. The van der Waals surface area contributed by atoms with E-state index in [-0.39, 0.29) is 6.04 Å². The fraction of sp³-hybridized carbons (Fsp3) is 0.250. The van der Waals surface area contributed by atoms with Gasteiger partial charge in [0.2, 0.25) is 0 Å². The third-order valence-electron chi connectivity index (χ3n) is 3.79. The van der Waals surface area contributed by atoms with Crippen LogP contribution in [0.2, 0.25) is 5.02 Å². The van der Waals surface area contributed by atoms with Crippen LogP contribution in [0.5, 0.6) is 5.75 Å². The van der Waals surface area contributed by atoms with E-state index in [1.54, 1.807) is 0 Å². The summed E-state index contributed by atoms with van der Waals surface area (Å²) in [6.45, 7) is 0.661. The number of nitrogens with one attached hydrogen (secondary N) is 1. The number of hydrazine groups is 1.